The van der Waals surface area contributed by atoms with Crippen LogP contribution in [0.4, 0.5) is 0 Å². The van der Waals surface area contributed by atoms with Gasteiger partial charge in [0, 0.05) is 18.3 Å². The zero-order chi connectivity index (χ0) is 8.84. The van der Waals surface area contributed by atoms with E-state index in [9.17, 15) is 0 Å². The molecule has 1 fully saturated rings. The Hall–Kier alpha value is -0.900. The van der Waals surface area contributed by atoms with E-state index >= 15 is 0 Å². The Morgan fingerprint density at radius 2 is 2.31 bits per heavy atom. The summed E-state index contributed by atoms with van der Waals surface area (Å²) in [5, 5.41) is 0. The van der Waals surface area contributed by atoms with Crippen LogP contribution in [0.25, 0.3) is 5.65 Å². The molecular weight excluding hydrogens is 230 g/mol. The van der Waals surface area contributed by atoms with Gasteiger partial charge in [-0.05, 0) is 34.8 Å². The molecule has 3 rings (SSSR count). The molecule has 0 aromatic carbocycles. The van der Waals surface area contributed by atoms with Gasteiger partial charge in [0.05, 0.1) is 0 Å². The van der Waals surface area contributed by atoms with E-state index in [-0.39, 0.29) is 0 Å². The normalized spacial score (nSPS) is 16.7. The topological polar surface area (TPSA) is 30.2 Å². The first-order chi connectivity index (χ1) is 6.36. The highest BCUT2D eigenvalue weighted by Gasteiger charge is 2.28. The van der Waals surface area contributed by atoms with Gasteiger partial charge in [-0.3, -0.25) is 4.40 Å². The second kappa shape index (κ2) is 2.54. The van der Waals surface area contributed by atoms with E-state index in [2.05, 4.69) is 30.3 Å². The van der Waals surface area contributed by atoms with Crippen molar-refractivity contribution >= 4 is 21.6 Å². The molecule has 0 amide bonds. The van der Waals surface area contributed by atoms with Crippen molar-refractivity contribution in [1.29, 1.82) is 0 Å². The molecule has 0 radical (unpaired) electrons. The minimum Gasteiger partial charge on any atom is -0.287 e. The number of aromatic nitrogens is 3. The van der Waals surface area contributed by atoms with Gasteiger partial charge in [-0.2, -0.15) is 0 Å². The van der Waals surface area contributed by atoms with Crippen molar-refractivity contribution in [2.75, 3.05) is 0 Å². The molecule has 0 unspecified atom stereocenters. The SMILES string of the molecule is Brc1nc(C2CC2)n2cccnc12. The van der Waals surface area contributed by atoms with Gasteiger partial charge in [0.2, 0.25) is 0 Å². The summed E-state index contributed by atoms with van der Waals surface area (Å²) in [6, 6.07) is 1.94. The zero-order valence-corrected chi connectivity index (χ0v) is 8.53. The third-order valence-electron chi connectivity index (χ3n) is 2.33. The van der Waals surface area contributed by atoms with E-state index in [1.165, 1.54) is 12.8 Å². The number of hydrogen-bond donors (Lipinski definition) is 0. The van der Waals surface area contributed by atoms with Crippen molar-refractivity contribution < 1.29 is 0 Å². The number of nitrogens with zero attached hydrogens (tertiary/aromatic N) is 3. The summed E-state index contributed by atoms with van der Waals surface area (Å²) >= 11 is 3.42. The van der Waals surface area contributed by atoms with E-state index in [1.54, 1.807) is 6.20 Å². The smallest absolute Gasteiger partial charge is 0.171 e. The van der Waals surface area contributed by atoms with Gasteiger partial charge in [-0.25, -0.2) is 9.97 Å². The van der Waals surface area contributed by atoms with Crippen molar-refractivity contribution in [3.05, 3.63) is 28.9 Å². The highest BCUT2D eigenvalue weighted by Crippen LogP contribution is 2.40. The minimum atomic E-state index is 0.656. The predicted molar refractivity (Wildman–Crippen MR) is 52.7 cm³/mol. The lowest BCUT2D eigenvalue weighted by Gasteiger charge is -1.95. The number of halogens is 1. The minimum absolute atomic E-state index is 0.656. The van der Waals surface area contributed by atoms with Gasteiger partial charge in [0.15, 0.2) is 10.3 Å². The van der Waals surface area contributed by atoms with Crippen LogP contribution in [0.15, 0.2) is 23.1 Å². The highest BCUT2D eigenvalue weighted by atomic mass is 79.9. The van der Waals surface area contributed by atoms with Crippen molar-refractivity contribution in [2.45, 2.75) is 18.8 Å². The van der Waals surface area contributed by atoms with Crippen LogP contribution in [0.3, 0.4) is 0 Å². The van der Waals surface area contributed by atoms with Crippen LogP contribution < -0.4 is 0 Å². The van der Waals surface area contributed by atoms with Gasteiger partial charge in [-0.1, -0.05) is 0 Å². The second-order valence-corrected chi connectivity index (χ2v) is 4.10. The molecule has 0 atom stereocenters. The van der Waals surface area contributed by atoms with Crippen molar-refractivity contribution in [1.82, 2.24) is 14.4 Å². The molecule has 4 heteroatoms. The molecule has 13 heavy (non-hydrogen) atoms. The number of fused-ring (bicyclic) bond motifs is 1. The van der Waals surface area contributed by atoms with Crippen LogP contribution in [0.2, 0.25) is 0 Å². The van der Waals surface area contributed by atoms with Crippen LogP contribution in [0.5, 0.6) is 0 Å². The largest absolute Gasteiger partial charge is 0.287 e. The summed E-state index contributed by atoms with van der Waals surface area (Å²) < 4.78 is 2.93. The average Bonchev–Trinajstić information content (AvgIpc) is 2.94. The highest BCUT2D eigenvalue weighted by molar-refractivity contribution is 9.10. The quantitative estimate of drug-likeness (QED) is 0.763. The zero-order valence-electron chi connectivity index (χ0n) is 6.94. The Morgan fingerprint density at radius 1 is 1.46 bits per heavy atom. The van der Waals surface area contributed by atoms with Gasteiger partial charge in [0.25, 0.3) is 0 Å². The monoisotopic (exact) mass is 237 g/mol. The van der Waals surface area contributed by atoms with E-state index in [0.717, 1.165) is 16.1 Å². The molecule has 0 bridgehead atoms. The maximum absolute atomic E-state index is 4.47. The van der Waals surface area contributed by atoms with Crippen LogP contribution >= 0.6 is 15.9 Å². The fourth-order valence-corrected chi connectivity index (χ4v) is 2.02. The van der Waals surface area contributed by atoms with Gasteiger partial charge in [-0.15, -0.1) is 0 Å². The molecule has 0 aliphatic heterocycles. The first kappa shape index (κ1) is 7.50. The molecule has 0 saturated heterocycles. The number of imidazole rings is 1. The fourth-order valence-electron chi connectivity index (χ4n) is 1.54. The van der Waals surface area contributed by atoms with E-state index in [4.69, 9.17) is 0 Å². The first-order valence-corrected chi connectivity index (χ1v) is 5.14. The summed E-state index contributed by atoms with van der Waals surface area (Å²) in [6.45, 7) is 0. The summed E-state index contributed by atoms with van der Waals surface area (Å²) in [7, 11) is 0. The standard InChI is InChI=1S/C9H8BrN3/c10-7-9-11-4-1-5-13(9)8(12-7)6-2-3-6/h1,4-6H,2-3H2. The lowest BCUT2D eigenvalue weighted by atomic mass is 10.4. The number of hydrogen-bond acceptors (Lipinski definition) is 2. The van der Waals surface area contributed by atoms with Crippen molar-refractivity contribution in [3.63, 3.8) is 0 Å². The van der Waals surface area contributed by atoms with Crippen molar-refractivity contribution in [3.8, 4) is 0 Å². The molecule has 66 valence electrons. The molecule has 2 heterocycles. The molecule has 0 spiro atoms. The molecule has 2 aromatic rings. The van der Waals surface area contributed by atoms with Crippen LogP contribution in [0.1, 0.15) is 24.6 Å². The van der Waals surface area contributed by atoms with E-state index < -0.39 is 0 Å². The Morgan fingerprint density at radius 3 is 3.08 bits per heavy atom. The van der Waals surface area contributed by atoms with Crippen LogP contribution in [-0.4, -0.2) is 14.4 Å². The lowest BCUT2D eigenvalue weighted by molar-refractivity contribution is 0.911. The van der Waals surface area contributed by atoms with E-state index in [0.29, 0.717) is 5.92 Å². The maximum Gasteiger partial charge on any atom is 0.171 e. The third kappa shape index (κ3) is 1.09. The summed E-state index contributed by atoms with van der Waals surface area (Å²) in [6.07, 6.45) is 6.34. The van der Waals surface area contributed by atoms with E-state index in [1.807, 2.05) is 12.3 Å². The second-order valence-electron chi connectivity index (χ2n) is 3.35. The van der Waals surface area contributed by atoms with Gasteiger partial charge >= 0.3 is 0 Å². The Balaban J connectivity index is 2.34. The molecular formula is C9H8BrN3. The lowest BCUT2D eigenvalue weighted by Crippen LogP contribution is -1.91. The van der Waals surface area contributed by atoms with Gasteiger partial charge < -0.3 is 0 Å². The molecule has 1 aliphatic carbocycles. The van der Waals surface area contributed by atoms with Crippen molar-refractivity contribution in [2.24, 2.45) is 0 Å². The molecule has 2 aromatic heterocycles. The number of rotatable bonds is 1. The Kier molecular flexibility index (Phi) is 1.47. The van der Waals surface area contributed by atoms with Crippen LogP contribution in [-0.2, 0) is 0 Å². The first-order valence-electron chi connectivity index (χ1n) is 4.35. The summed E-state index contributed by atoms with van der Waals surface area (Å²) in [5.74, 6) is 1.80. The Labute approximate surface area is 83.9 Å². The van der Waals surface area contributed by atoms with Crippen LogP contribution in [0, 0.1) is 0 Å². The molecule has 1 saturated carbocycles. The average molecular weight is 238 g/mol. The third-order valence-corrected chi connectivity index (χ3v) is 2.86. The summed E-state index contributed by atoms with van der Waals surface area (Å²) in [4.78, 5) is 8.73. The fraction of sp³-hybridized carbons (Fsp3) is 0.333. The Bertz CT molecular complexity index is 459. The molecule has 1 aliphatic rings. The predicted octanol–water partition coefficient (Wildman–Crippen LogP) is 2.37. The molecule has 3 nitrogen and oxygen atoms in total. The van der Waals surface area contributed by atoms with Gasteiger partial charge in [0.1, 0.15) is 5.82 Å². The summed E-state index contributed by atoms with van der Waals surface area (Å²) in [5.41, 5.74) is 0.921. The molecule has 0 N–H and O–H groups in total. The maximum atomic E-state index is 4.47.